The molecule has 0 aliphatic carbocycles. The number of thioether (sulfide) groups is 2. The van der Waals surface area contributed by atoms with Gasteiger partial charge in [0.1, 0.15) is 35.5 Å². The van der Waals surface area contributed by atoms with E-state index in [0.29, 0.717) is 37.6 Å². The molecule has 0 aliphatic rings. The average Bonchev–Trinajstić information content (AvgIpc) is 2.72. The van der Waals surface area contributed by atoms with Gasteiger partial charge in [-0.25, -0.2) is 0 Å². The van der Waals surface area contributed by atoms with Crippen molar-refractivity contribution in [2.75, 3.05) is 39.9 Å². The molecule has 0 fully saturated rings. The van der Waals surface area contributed by atoms with Crippen LogP contribution in [0.4, 0.5) is 0 Å². The van der Waals surface area contributed by atoms with E-state index in [4.69, 9.17) is 18.9 Å². The Morgan fingerprint density at radius 3 is 1.36 bits per heavy atom. The summed E-state index contributed by atoms with van der Waals surface area (Å²) in [4.78, 5) is 1.58. The Bertz CT molecular complexity index is 668. The zero-order valence-electron chi connectivity index (χ0n) is 17.3. The van der Waals surface area contributed by atoms with Crippen molar-refractivity contribution in [3.05, 3.63) is 11.1 Å². The highest BCUT2D eigenvalue weighted by molar-refractivity contribution is 8.01. The molecule has 28 heavy (non-hydrogen) atoms. The molecule has 0 spiro atoms. The third kappa shape index (κ3) is 5.71. The summed E-state index contributed by atoms with van der Waals surface area (Å²) in [6, 6.07) is 4.31. The molecule has 0 heterocycles. The highest BCUT2D eigenvalue weighted by Crippen LogP contribution is 2.48. The third-order valence-corrected chi connectivity index (χ3v) is 5.86. The minimum atomic E-state index is -0.215. The molecule has 0 bridgehead atoms. The molecule has 0 saturated heterocycles. The highest BCUT2D eigenvalue weighted by Gasteiger charge is 2.28. The zero-order chi connectivity index (χ0) is 21.1. The van der Waals surface area contributed by atoms with Crippen LogP contribution in [0.25, 0.3) is 0 Å². The Labute approximate surface area is 176 Å². The van der Waals surface area contributed by atoms with Crippen molar-refractivity contribution in [3.8, 4) is 23.6 Å². The first-order valence-corrected chi connectivity index (χ1v) is 11.4. The van der Waals surface area contributed by atoms with Gasteiger partial charge in [0.05, 0.1) is 23.0 Å². The molecule has 0 amide bonds. The van der Waals surface area contributed by atoms with Crippen LogP contribution in [0, 0.1) is 22.7 Å². The maximum Gasteiger partial charge on any atom is 0.153 e. The van der Waals surface area contributed by atoms with Crippen LogP contribution in [0.2, 0.25) is 0 Å². The Morgan fingerprint density at radius 2 is 1.14 bits per heavy atom. The largest absolute Gasteiger partial charge is 0.485 e. The van der Waals surface area contributed by atoms with E-state index >= 15 is 0 Å². The first-order valence-electron chi connectivity index (χ1n) is 8.99. The van der Waals surface area contributed by atoms with Gasteiger partial charge in [0.2, 0.25) is 0 Å². The van der Waals surface area contributed by atoms with Gasteiger partial charge >= 0.3 is 0 Å². The van der Waals surface area contributed by atoms with E-state index in [1.54, 1.807) is 14.2 Å². The number of hydrogen-bond acceptors (Lipinski definition) is 8. The van der Waals surface area contributed by atoms with Crippen molar-refractivity contribution in [2.45, 2.75) is 48.7 Å². The molecular weight excluding hydrogens is 396 g/mol. The van der Waals surface area contributed by atoms with Crippen molar-refractivity contribution in [2.24, 2.45) is 0 Å². The summed E-state index contributed by atoms with van der Waals surface area (Å²) in [6.07, 6.45) is 4.84. The molecule has 0 N–H and O–H groups in total. The van der Waals surface area contributed by atoms with Gasteiger partial charge in [-0.15, -0.1) is 23.5 Å². The van der Waals surface area contributed by atoms with E-state index in [1.807, 2.05) is 26.4 Å². The molecule has 0 saturated carbocycles. The second-order valence-corrected chi connectivity index (χ2v) is 7.54. The molecule has 154 valence electrons. The summed E-state index contributed by atoms with van der Waals surface area (Å²) in [5.74, 6) is 0.846. The molecule has 0 radical (unpaired) electrons. The van der Waals surface area contributed by atoms with Gasteiger partial charge in [-0.2, -0.15) is 10.5 Å². The topological polar surface area (TPSA) is 84.5 Å². The smallest absolute Gasteiger partial charge is 0.153 e. The minimum Gasteiger partial charge on any atom is -0.485 e. The summed E-state index contributed by atoms with van der Waals surface area (Å²) in [5.41, 5.74) is 0.392. The number of ether oxygens (including phenoxy) is 4. The second kappa shape index (κ2) is 12.8. The zero-order valence-corrected chi connectivity index (χ0v) is 19.0. The highest BCUT2D eigenvalue weighted by atomic mass is 32.2. The summed E-state index contributed by atoms with van der Waals surface area (Å²) in [7, 11) is 3.22. The van der Waals surface area contributed by atoms with E-state index in [0.717, 1.165) is 9.79 Å². The second-order valence-electron chi connectivity index (χ2n) is 5.91. The molecule has 0 aliphatic heterocycles. The van der Waals surface area contributed by atoms with Crippen LogP contribution in [-0.2, 0) is 9.47 Å². The first-order chi connectivity index (χ1) is 13.6. The number of methoxy groups -OCH3 is 2. The normalized spacial score (nSPS) is 12.7. The molecule has 0 aromatic heterocycles. The predicted molar refractivity (Wildman–Crippen MR) is 113 cm³/mol. The van der Waals surface area contributed by atoms with Gasteiger partial charge in [-0.1, -0.05) is 13.8 Å². The van der Waals surface area contributed by atoms with E-state index in [9.17, 15) is 10.5 Å². The van der Waals surface area contributed by atoms with Crippen LogP contribution in [0.5, 0.6) is 11.5 Å². The quantitative estimate of drug-likeness (QED) is 0.454. The number of benzene rings is 1. The average molecular weight is 425 g/mol. The van der Waals surface area contributed by atoms with Crippen LogP contribution in [0.3, 0.4) is 0 Å². The maximum absolute atomic E-state index is 9.84. The van der Waals surface area contributed by atoms with Gasteiger partial charge < -0.3 is 18.9 Å². The minimum absolute atomic E-state index is 0.196. The number of nitriles is 2. The van der Waals surface area contributed by atoms with Gasteiger partial charge in [0.25, 0.3) is 0 Å². The van der Waals surface area contributed by atoms with E-state index in [-0.39, 0.29) is 23.3 Å². The molecule has 1 aromatic rings. The molecule has 8 heteroatoms. The van der Waals surface area contributed by atoms with Crippen molar-refractivity contribution in [3.63, 3.8) is 0 Å². The molecule has 2 atom stereocenters. The molecule has 1 rings (SSSR count). The lowest BCUT2D eigenvalue weighted by Gasteiger charge is -2.25. The van der Waals surface area contributed by atoms with Crippen molar-refractivity contribution >= 4 is 23.5 Å². The molecule has 2 unspecified atom stereocenters. The van der Waals surface area contributed by atoms with Crippen molar-refractivity contribution < 1.29 is 18.9 Å². The number of hydrogen-bond donors (Lipinski definition) is 0. The Kier molecular flexibility index (Phi) is 11.2. The van der Waals surface area contributed by atoms with Crippen LogP contribution in [-0.4, -0.2) is 52.2 Å². The molecule has 1 aromatic carbocycles. The monoisotopic (exact) mass is 424 g/mol. The van der Waals surface area contributed by atoms with Crippen LogP contribution < -0.4 is 9.47 Å². The molecule has 6 nitrogen and oxygen atoms in total. The van der Waals surface area contributed by atoms with Crippen LogP contribution >= 0.6 is 23.5 Å². The van der Waals surface area contributed by atoms with Gasteiger partial charge in [0.15, 0.2) is 11.5 Å². The standard InChI is InChI=1S/C20H28N2O4S2/c1-7-13(11-23-3)25-17-15(9-21)16(10-22)18(20(28-6)19(17)27-5)26-14(8-2)12-24-4/h13-14H,7-8,11-12H2,1-6H3. The van der Waals surface area contributed by atoms with Crippen molar-refractivity contribution in [1.82, 2.24) is 0 Å². The summed E-state index contributed by atoms with van der Waals surface area (Å²) in [6.45, 7) is 4.78. The van der Waals surface area contributed by atoms with E-state index < -0.39 is 0 Å². The van der Waals surface area contributed by atoms with Gasteiger partial charge in [0, 0.05) is 14.2 Å². The SMILES string of the molecule is CCC(COC)Oc1c(C#N)c(C#N)c(OC(CC)COC)c(SC)c1SC. The van der Waals surface area contributed by atoms with E-state index in [1.165, 1.54) is 23.5 Å². The van der Waals surface area contributed by atoms with Crippen molar-refractivity contribution in [1.29, 1.82) is 10.5 Å². The van der Waals surface area contributed by atoms with E-state index in [2.05, 4.69) is 12.1 Å². The lowest BCUT2D eigenvalue weighted by molar-refractivity contribution is 0.0725. The summed E-state index contributed by atoms with van der Waals surface area (Å²) < 4.78 is 22.8. The fourth-order valence-corrected chi connectivity index (χ4v) is 4.37. The number of nitrogens with zero attached hydrogens (tertiary/aromatic N) is 2. The third-order valence-electron chi connectivity index (χ3n) is 4.14. The summed E-state index contributed by atoms with van der Waals surface area (Å²) in [5, 5.41) is 19.7. The lowest BCUT2D eigenvalue weighted by atomic mass is 10.1. The first kappa shape index (κ1) is 24.5. The summed E-state index contributed by atoms with van der Waals surface area (Å²) >= 11 is 2.94. The predicted octanol–water partition coefficient (Wildman–Crippen LogP) is 4.48. The lowest BCUT2D eigenvalue weighted by Crippen LogP contribution is -2.24. The van der Waals surface area contributed by atoms with Gasteiger partial charge in [-0.05, 0) is 25.4 Å². The fourth-order valence-electron chi connectivity index (χ4n) is 2.64. The van der Waals surface area contributed by atoms with Crippen LogP contribution in [0.15, 0.2) is 9.79 Å². The maximum atomic E-state index is 9.84. The number of rotatable bonds is 12. The van der Waals surface area contributed by atoms with Gasteiger partial charge in [-0.3, -0.25) is 0 Å². The van der Waals surface area contributed by atoms with Crippen LogP contribution in [0.1, 0.15) is 37.8 Å². The Morgan fingerprint density at radius 1 is 0.786 bits per heavy atom. The Balaban J connectivity index is 3.68. The fraction of sp³-hybridized carbons (Fsp3) is 0.600. The molecular formula is C20H28N2O4S2. The Hall–Kier alpha value is -1.58.